The first-order chi connectivity index (χ1) is 11.5. The molecule has 8 heteroatoms. The maximum absolute atomic E-state index is 11.4. The van der Waals surface area contributed by atoms with Crippen molar-refractivity contribution < 1.29 is 23.7 Å². The Morgan fingerprint density at radius 1 is 1.21 bits per heavy atom. The van der Waals surface area contributed by atoms with Crippen LogP contribution in [0.15, 0.2) is 17.1 Å². The number of carbonyl (C=O) groups excluding carboxylic acids is 1. The quantitative estimate of drug-likeness (QED) is 0.598. The highest BCUT2D eigenvalue weighted by molar-refractivity contribution is 8.15. The topological polar surface area (TPSA) is 90.2 Å². The molecular formula is C16H22N2O5S. The molecule has 0 unspecified atom stereocenters. The van der Waals surface area contributed by atoms with Gasteiger partial charge in [0.15, 0.2) is 11.5 Å². The predicted molar refractivity (Wildman–Crippen MR) is 95.3 cm³/mol. The Balaban J connectivity index is 3.33. The van der Waals surface area contributed by atoms with Crippen molar-refractivity contribution >= 4 is 28.6 Å². The summed E-state index contributed by atoms with van der Waals surface area (Å²) < 4.78 is 20.4. The Hall–Kier alpha value is -2.06. The van der Waals surface area contributed by atoms with Crippen molar-refractivity contribution in [1.29, 1.82) is 5.41 Å². The highest BCUT2D eigenvalue weighted by Gasteiger charge is 2.18. The maximum atomic E-state index is 11.4. The van der Waals surface area contributed by atoms with Crippen molar-refractivity contribution in [3.63, 3.8) is 0 Å². The summed E-state index contributed by atoms with van der Waals surface area (Å²) in [7, 11) is 5.95. The fraction of sp³-hybridized carbons (Fsp3) is 0.438. The first kappa shape index (κ1) is 20.0. The van der Waals surface area contributed by atoms with Crippen LogP contribution in [0.3, 0.4) is 0 Å². The summed E-state index contributed by atoms with van der Waals surface area (Å²) >= 11 is 1.19. The predicted octanol–water partition coefficient (Wildman–Crippen LogP) is 2.79. The third-order valence-corrected chi connectivity index (χ3v) is 3.88. The van der Waals surface area contributed by atoms with Crippen LogP contribution in [0.4, 0.5) is 4.79 Å². The molecule has 132 valence electrons. The van der Waals surface area contributed by atoms with Crippen LogP contribution < -0.4 is 9.47 Å². The minimum atomic E-state index is -0.746. The van der Waals surface area contributed by atoms with Gasteiger partial charge >= 0.3 is 6.09 Å². The lowest BCUT2D eigenvalue weighted by Gasteiger charge is -2.15. The van der Waals surface area contributed by atoms with Crippen molar-refractivity contribution in [1.82, 2.24) is 0 Å². The Bertz CT molecular complexity index is 631. The van der Waals surface area contributed by atoms with E-state index in [1.807, 2.05) is 6.07 Å². The highest BCUT2D eigenvalue weighted by Crippen LogP contribution is 2.33. The molecule has 1 N–H and O–H groups in total. The molecule has 24 heavy (non-hydrogen) atoms. The first-order valence-corrected chi connectivity index (χ1v) is 8.28. The maximum Gasteiger partial charge on any atom is 0.434 e. The van der Waals surface area contributed by atoms with Gasteiger partial charge in [-0.3, -0.25) is 5.41 Å². The number of nitrogens with zero attached hydrogens (tertiary/aromatic N) is 1. The molecule has 0 heterocycles. The van der Waals surface area contributed by atoms with E-state index in [2.05, 4.69) is 9.73 Å². The van der Waals surface area contributed by atoms with E-state index < -0.39 is 6.09 Å². The molecule has 0 spiro atoms. The molecule has 0 saturated heterocycles. The molecule has 0 fully saturated rings. The zero-order chi connectivity index (χ0) is 18.1. The van der Waals surface area contributed by atoms with Gasteiger partial charge in [-0.2, -0.15) is 4.99 Å². The molecule has 1 rings (SSSR count). The summed E-state index contributed by atoms with van der Waals surface area (Å²) in [5.74, 6) is 1.10. The molecule has 0 aliphatic heterocycles. The lowest BCUT2D eigenvalue weighted by atomic mass is 10.0. The van der Waals surface area contributed by atoms with E-state index in [0.717, 1.165) is 5.56 Å². The second-order valence-corrected chi connectivity index (χ2v) is 5.37. The smallest absolute Gasteiger partial charge is 0.434 e. The normalized spacial score (nSPS) is 11.1. The van der Waals surface area contributed by atoms with Crippen molar-refractivity contribution in [2.75, 3.05) is 41.3 Å². The van der Waals surface area contributed by atoms with E-state index in [0.29, 0.717) is 30.1 Å². The number of aliphatic imine (C=N–C) groups is 1. The second kappa shape index (κ2) is 9.94. The minimum absolute atomic E-state index is 0.104. The monoisotopic (exact) mass is 354 g/mol. The molecule has 1 aromatic rings. The van der Waals surface area contributed by atoms with Crippen molar-refractivity contribution in [3.05, 3.63) is 23.3 Å². The number of nitrogens with one attached hydrogen (secondary N) is 1. The van der Waals surface area contributed by atoms with Gasteiger partial charge in [0, 0.05) is 18.2 Å². The number of benzene rings is 1. The summed E-state index contributed by atoms with van der Waals surface area (Å²) in [6.45, 7) is 0.502. The third kappa shape index (κ3) is 4.97. The Morgan fingerprint density at radius 3 is 2.42 bits per heavy atom. The SMILES string of the molecule is COCCc1cc(C(=N)C(=NC(=O)OC)SC)cc(OC)c1OC. The zero-order valence-corrected chi connectivity index (χ0v) is 15.3. The van der Waals surface area contributed by atoms with E-state index in [1.165, 1.54) is 26.0 Å². The molecular weight excluding hydrogens is 332 g/mol. The van der Waals surface area contributed by atoms with Crippen molar-refractivity contribution in [3.8, 4) is 11.5 Å². The van der Waals surface area contributed by atoms with Crippen LogP contribution in [-0.2, 0) is 15.9 Å². The van der Waals surface area contributed by atoms with Crippen LogP contribution in [0.25, 0.3) is 0 Å². The van der Waals surface area contributed by atoms with E-state index in [-0.39, 0.29) is 10.8 Å². The summed E-state index contributed by atoms with van der Waals surface area (Å²) in [6, 6.07) is 3.49. The average Bonchev–Trinajstić information content (AvgIpc) is 2.62. The summed E-state index contributed by atoms with van der Waals surface area (Å²) in [6.07, 6.45) is 1.59. The van der Waals surface area contributed by atoms with Gasteiger partial charge in [0.2, 0.25) is 0 Å². The van der Waals surface area contributed by atoms with Crippen molar-refractivity contribution in [2.24, 2.45) is 4.99 Å². The molecule has 1 amide bonds. The number of hydrogen-bond donors (Lipinski definition) is 1. The number of methoxy groups -OCH3 is 4. The Labute approximate surface area is 145 Å². The lowest BCUT2D eigenvalue weighted by molar-refractivity contribution is 0.183. The molecule has 0 aliphatic rings. The molecule has 0 saturated carbocycles. The van der Waals surface area contributed by atoms with Crippen LogP contribution >= 0.6 is 11.8 Å². The highest BCUT2D eigenvalue weighted by atomic mass is 32.2. The number of amides is 1. The summed E-state index contributed by atoms with van der Waals surface area (Å²) in [4.78, 5) is 15.1. The van der Waals surface area contributed by atoms with Crippen LogP contribution in [-0.4, -0.2) is 58.2 Å². The van der Waals surface area contributed by atoms with Gasteiger partial charge in [0.1, 0.15) is 5.04 Å². The number of carbonyl (C=O) groups is 1. The van der Waals surface area contributed by atoms with Crippen LogP contribution in [0.1, 0.15) is 11.1 Å². The molecule has 0 aromatic heterocycles. The van der Waals surface area contributed by atoms with E-state index in [4.69, 9.17) is 19.6 Å². The number of rotatable bonds is 7. The van der Waals surface area contributed by atoms with Gasteiger partial charge in [-0.05, 0) is 24.8 Å². The second-order valence-electron chi connectivity index (χ2n) is 4.58. The largest absolute Gasteiger partial charge is 0.493 e. The molecule has 0 atom stereocenters. The lowest BCUT2D eigenvalue weighted by Crippen LogP contribution is -2.14. The fourth-order valence-corrected chi connectivity index (χ4v) is 2.53. The Kier molecular flexibility index (Phi) is 8.28. The van der Waals surface area contributed by atoms with Crippen LogP contribution in [0, 0.1) is 5.41 Å². The number of hydrogen-bond acceptors (Lipinski definition) is 7. The van der Waals surface area contributed by atoms with E-state index in [9.17, 15) is 4.79 Å². The number of thioether (sulfide) groups is 1. The minimum Gasteiger partial charge on any atom is -0.493 e. The first-order valence-electron chi connectivity index (χ1n) is 7.06. The van der Waals surface area contributed by atoms with Gasteiger partial charge in [0.05, 0.1) is 33.6 Å². The fourth-order valence-electron chi connectivity index (χ4n) is 2.04. The number of ether oxygens (including phenoxy) is 4. The molecule has 0 bridgehead atoms. The zero-order valence-electron chi connectivity index (χ0n) is 14.5. The Morgan fingerprint density at radius 2 is 1.92 bits per heavy atom. The van der Waals surface area contributed by atoms with Gasteiger partial charge in [-0.15, -0.1) is 11.8 Å². The summed E-state index contributed by atoms with van der Waals surface area (Å²) in [5.41, 5.74) is 1.51. The van der Waals surface area contributed by atoms with Crippen LogP contribution in [0.5, 0.6) is 11.5 Å². The van der Waals surface area contributed by atoms with Gasteiger partial charge in [-0.25, -0.2) is 4.79 Å². The molecule has 1 aromatic carbocycles. The molecule has 7 nitrogen and oxygen atoms in total. The third-order valence-electron chi connectivity index (χ3n) is 3.19. The summed E-state index contributed by atoms with van der Waals surface area (Å²) in [5, 5.41) is 8.60. The van der Waals surface area contributed by atoms with Gasteiger partial charge in [0.25, 0.3) is 0 Å². The van der Waals surface area contributed by atoms with E-state index >= 15 is 0 Å². The van der Waals surface area contributed by atoms with Crippen molar-refractivity contribution in [2.45, 2.75) is 6.42 Å². The van der Waals surface area contributed by atoms with E-state index in [1.54, 1.807) is 26.5 Å². The molecule has 0 aliphatic carbocycles. The van der Waals surface area contributed by atoms with Gasteiger partial charge < -0.3 is 18.9 Å². The molecule has 0 radical (unpaired) electrons. The van der Waals surface area contributed by atoms with Gasteiger partial charge in [-0.1, -0.05) is 0 Å². The average molecular weight is 354 g/mol. The standard InChI is InChI=1S/C16H22N2O5S/c1-20-7-6-10-8-11(9-12(21-2)14(10)22-3)13(17)15(24-5)18-16(19)23-4/h8-9,17H,6-7H2,1-5H3. The van der Waals surface area contributed by atoms with Crippen LogP contribution in [0.2, 0.25) is 0 Å².